The van der Waals surface area contributed by atoms with E-state index in [0.29, 0.717) is 12.8 Å². The van der Waals surface area contributed by atoms with E-state index in [-0.39, 0.29) is 0 Å². The Morgan fingerprint density at radius 3 is 1.94 bits per heavy atom. The maximum Gasteiger partial charge on any atom is 0.327 e. The molecule has 1 aliphatic rings. The van der Waals surface area contributed by atoms with E-state index in [1.54, 1.807) is 20.8 Å². The van der Waals surface area contributed by atoms with Crippen molar-refractivity contribution in [2.75, 3.05) is 6.61 Å². The summed E-state index contributed by atoms with van der Waals surface area (Å²) in [5.41, 5.74) is -0.736. The van der Waals surface area contributed by atoms with Crippen molar-refractivity contribution in [1.82, 2.24) is 0 Å². The molecule has 0 aromatic carbocycles. The number of hydrogen-bond acceptors (Lipinski definition) is 5. The molecule has 0 radical (unpaired) electrons. The van der Waals surface area contributed by atoms with E-state index in [1.165, 1.54) is 13.8 Å². The zero-order valence-electron chi connectivity index (χ0n) is 11.6. The first kappa shape index (κ1) is 15.4. The molecular weight excluding hydrogens is 256 g/mol. The molecule has 0 spiro atoms. The second kappa shape index (κ2) is 4.20. The van der Waals surface area contributed by atoms with Gasteiger partial charge in [-0.15, -0.1) is 0 Å². The quantitative estimate of drug-likeness (QED) is 0.777. The summed E-state index contributed by atoms with van der Waals surface area (Å²) in [6.07, 6.45) is 0.802. The molecule has 6 heteroatoms. The van der Waals surface area contributed by atoms with Crippen molar-refractivity contribution in [3.8, 4) is 0 Å². The molecule has 0 aliphatic heterocycles. The molecule has 0 unspecified atom stereocenters. The Hall–Kier alpha value is -0.620. The van der Waals surface area contributed by atoms with Crippen LogP contribution in [0.3, 0.4) is 0 Å². The lowest BCUT2D eigenvalue weighted by atomic mass is 10.1. The summed E-state index contributed by atoms with van der Waals surface area (Å²) in [6.45, 7) is 7.30. The van der Waals surface area contributed by atoms with Crippen molar-refractivity contribution < 1.29 is 23.1 Å². The van der Waals surface area contributed by atoms with Gasteiger partial charge in [0.05, 0.1) is 11.4 Å². The number of rotatable bonds is 4. The van der Waals surface area contributed by atoms with Gasteiger partial charge in [0.2, 0.25) is 0 Å². The number of aliphatic hydroxyl groups excluding tert-OH is 1. The van der Waals surface area contributed by atoms with E-state index in [0.717, 1.165) is 0 Å². The van der Waals surface area contributed by atoms with Crippen LogP contribution in [0, 0.1) is 0 Å². The number of carbonyl (C=O) groups is 1. The highest BCUT2D eigenvalue weighted by Crippen LogP contribution is 2.48. The Bertz CT molecular complexity index is 438. The summed E-state index contributed by atoms with van der Waals surface area (Å²) in [6, 6.07) is 0. The zero-order chi connectivity index (χ0) is 14.4. The van der Waals surface area contributed by atoms with Gasteiger partial charge in [-0.2, -0.15) is 0 Å². The predicted molar refractivity (Wildman–Crippen MR) is 67.9 cm³/mol. The third kappa shape index (κ3) is 2.40. The SMILES string of the molecule is CC(C)(C)OC(=O)C(C)(C)S(=O)(=O)C1(CO)CC1. The number of esters is 1. The standard InChI is InChI=1S/C12H22O5S/c1-10(2,3)17-9(14)11(4,5)18(15,16)12(8-13)6-7-12/h13H,6-8H2,1-5H3. The minimum absolute atomic E-state index is 0.401. The van der Waals surface area contributed by atoms with Crippen molar-refractivity contribution in [3.05, 3.63) is 0 Å². The van der Waals surface area contributed by atoms with Crippen molar-refractivity contribution in [3.63, 3.8) is 0 Å². The lowest BCUT2D eigenvalue weighted by Gasteiger charge is -2.31. The van der Waals surface area contributed by atoms with E-state index in [9.17, 15) is 18.3 Å². The van der Waals surface area contributed by atoms with Gasteiger partial charge in [0.15, 0.2) is 14.6 Å². The Morgan fingerprint density at radius 2 is 1.67 bits per heavy atom. The monoisotopic (exact) mass is 278 g/mol. The van der Waals surface area contributed by atoms with E-state index in [4.69, 9.17) is 4.74 Å². The minimum atomic E-state index is -3.77. The molecule has 0 atom stereocenters. The highest BCUT2D eigenvalue weighted by molar-refractivity contribution is 7.95. The van der Waals surface area contributed by atoms with E-state index < -0.39 is 37.5 Å². The van der Waals surface area contributed by atoms with E-state index >= 15 is 0 Å². The Kier molecular flexibility index (Phi) is 3.60. The second-order valence-electron chi connectivity index (χ2n) is 6.36. The molecule has 5 nitrogen and oxygen atoms in total. The van der Waals surface area contributed by atoms with E-state index in [1.807, 2.05) is 0 Å². The van der Waals surface area contributed by atoms with Gasteiger partial charge in [-0.05, 0) is 47.5 Å². The van der Waals surface area contributed by atoms with Gasteiger partial charge in [0.25, 0.3) is 0 Å². The molecule has 18 heavy (non-hydrogen) atoms. The lowest BCUT2D eigenvalue weighted by molar-refractivity contribution is -0.157. The summed E-state index contributed by atoms with van der Waals surface area (Å²) < 4.78 is 27.2. The molecular formula is C12H22O5S. The Balaban J connectivity index is 3.04. The van der Waals surface area contributed by atoms with Gasteiger partial charge in [0.1, 0.15) is 5.60 Å². The van der Waals surface area contributed by atoms with Crippen LogP contribution in [0.25, 0.3) is 0 Å². The highest BCUT2D eigenvalue weighted by atomic mass is 32.2. The third-order valence-corrected chi connectivity index (χ3v) is 6.42. The molecule has 0 heterocycles. The fourth-order valence-corrected chi connectivity index (χ4v) is 3.86. The van der Waals surface area contributed by atoms with Crippen LogP contribution < -0.4 is 0 Å². The maximum atomic E-state index is 12.4. The summed E-state index contributed by atoms with van der Waals surface area (Å²) in [5, 5.41) is 9.24. The molecule has 0 aromatic heterocycles. The normalized spacial score (nSPS) is 19.4. The first-order valence-corrected chi connectivity index (χ1v) is 7.46. The van der Waals surface area contributed by atoms with Gasteiger partial charge >= 0.3 is 5.97 Å². The van der Waals surface area contributed by atoms with Gasteiger partial charge in [-0.1, -0.05) is 0 Å². The molecule has 106 valence electrons. The molecule has 1 N–H and O–H groups in total. The van der Waals surface area contributed by atoms with Crippen LogP contribution in [0.1, 0.15) is 47.5 Å². The van der Waals surface area contributed by atoms with Crippen molar-refractivity contribution in [1.29, 1.82) is 0 Å². The lowest BCUT2D eigenvalue weighted by Crippen LogP contribution is -2.50. The third-order valence-electron chi connectivity index (χ3n) is 3.23. The highest BCUT2D eigenvalue weighted by Gasteiger charge is 2.62. The molecule has 0 bridgehead atoms. The number of carbonyl (C=O) groups excluding carboxylic acids is 1. The first-order valence-electron chi connectivity index (χ1n) is 5.98. The van der Waals surface area contributed by atoms with Crippen LogP contribution in [0.4, 0.5) is 0 Å². The maximum absolute atomic E-state index is 12.4. The van der Waals surface area contributed by atoms with Crippen molar-refractivity contribution in [2.24, 2.45) is 0 Å². The zero-order valence-corrected chi connectivity index (χ0v) is 12.4. The van der Waals surface area contributed by atoms with Crippen LogP contribution in [0.5, 0.6) is 0 Å². The van der Waals surface area contributed by atoms with Gasteiger partial charge in [-0.25, -0.2) is 8.42 Å². The molecule has 0 aromatic rings. The summed E-state index contributed by atoms with van der Waals surface area (Å²) in [7, 11) is -3.77. The number of aliphatic hydroxyl groups is 1. The first-order chi connectivity index (χ1) is 7.90. The average Bonchev–Trinajstić information content (AvgIpc) is 2.95. The number of ether oxygens (including phenoxy) is 1. The van der Waals surface area contributed by atoms with Crippen LogP contribution in [0.2, 0.25) is 0 Å². The Labute approximate surface area is 108 Å². The Morgan fingerprint density at radius 1 is 1.22 bits per heavy atom. The minimum Gasteiger partial charge on any atom is -0.459 e. The second-order valence-corrected chi connectivity index (χ2v) is 9.25. The smallest absolute Gasteiger partial charge is 0.327 e. The van der Waals surface area contributed by atoms with Crippen molar-refractivity contribution >= 4 is 15.8 Å². The van der Waals surface area contributed by atoms with Gasteiger partial charge < -0.3 is 9.84 Å². The summed E-state index contributed by atoms with van der Waals surface area (Å²) >= 11 is 0. The average molecular weight is 278 g/mol. The van der Waals surface area contributed by atoms with Gasteiger partial charge in [-0.3, -0.25) is 4.79 Å². The number of hydrogen-bond donors (Lipinski definition) is 1. The molecule has 0 amide bonds. The molecule has 1 saturated carbocycles. The topological polar surface area (TPSA) is 80.7 Å². The predicted octanol–water partition coefficient (Wildman–Crippen LogP) is 1.05. The van der Waals surface area contributed by atoms with E-state index in [2.05, 4.69) is 0 Å². The summed E-state index contributed by atoms with van der Waals surface area (Å²) in [5.74, 6) is -0.769. The van der Waals surface area contributed by atoms with Crippen LogP contribution in [-0.4, -0.2) is 41.2 Å². The molecule has 0 saturated heterocycles. The summed E-state index contributed by atoms with van der Waals surface area (Å²) in [4.78, 5) is 12.0. The molecule has 1 fully saturated rings. The molecule has 1 aliphatic carbocycles. The fourth-order valence-electron chi connectivity index (χ4n) is 1.70. The molecule has 1 rings (SSSR count). The largest absolute Gasteiger partial charge is 0.459 e. The van der Waals surface area contributed by atoms with Gasteiger partial charge in [0, 0.05) is 0 Å². The van der Waals surface area contributed by atoms with Crippen LogP contribution >= 0.6 is 0 Å². The fraction of sp³-hybridized carbons (Fsp3) is 0.917. The van der Waals surface area contributed by atoms with Crippen molar-refractivity contribution in [2.45, 2.75) is 62.6 Å². The number of sulfone groups is 1. The van der Waals surface area contributed by atoms with Crippen LogP contribution in [-0.2, 0) is 19.4 Å². The van der Waals surface area contributed by atoms with Crippen LogP contribution in [0.15, 0.2) is 0 Å².